The number of rotatable bonds is 5. The molecule has 4 rings (SSSR count). The minimum Gasteiger partial charge on any atom is -0.496 e. The molecular formula is C21H22N4O3. The molecule has 0 spiro atoms. The Bertz CT molecular complexity index is 942. The van der Waals surface area contributed by atoms with Crippen LogP contribution in [0.4, 0.5) is 0 Å². The number of benzene rings is 1. The van der Waals surface area contributed by atoms with Gasteiger partial charge < -0.3 is 14.1 Å². The molecule has 1 amide bonds. The van der Waals surface area contributed by atoms with Crippen molar-refractivity contribution < 1.29 is 13.9 Å². The van der Waals surface area contributed by atoms with Crippen LogP contribution in [0.5, 0.6) is 5.75 Å². The second-order valence-corrected chi connectivity index (χ2v) is 6.74. The summed E-state index contributed by atoms with van der Waals surface area (Å²) in [6.07, 6.45) is 8.26. The summed E-state index contributed by atoms with van der Waals surface area (Å²) in [5.41, 5.74) is 1.03. The van der Waals surface area contributed by atoms with E-state index >= 15 is 0 Å². The number of para-hydroxylation sites is 1. The number of carbonyl (C=O) groups is 1. The summed E-state index contributed by atoms with van der Waals surface area (Å²) >= 11 is 0. The zero-order chi connectivity index (χ0) is 19.3. The SMILES string of the molecule is COc1ccccc1Cc1cnc([C@@H]2CCCCN2C(=O)c2ncccn2)o1. The lowest BCUT2D eigenvalue weighted by Gasteiger charge is -2.33. The van der Waals surface area contributed by atoms with Gasteiger partial charge in [-0.2, -0.15) is 0 Å². The highest BCUT2D eigenvalue weighted by atomic mass is 16.5. The molecule has 2 aromatic heterocycles. The Labute approximate surface area is 163 Å². The molecule has 1 saturated heterocycles. The maximum absolute atomic E-state index is 12.9. The van der Waals surface area contributed by atoms with Gasteiger partial charge in [-0.3, -0.25) is 4.79 Å². The van der Waals surface area contributed by atoms with Crippen LogP contribution in [0, 0.1) is 0 Å². The predicted molar refractivity (Wildman–Crippen MR) is 102 cm³/mol. The number of likely N-dealkylation sites (tertiary alicyclic amines) is 1. The maximum atomic E-state index is 12.9. The Hall–Kier alpha value is -3.22. The molecule has 1 fully saturated rings. The smallest absolute Gasteiger partial charge is 0.292 e. The molecule has 1 aliphatic rings. The predicted octanol–water partition coefficient (Wildman–Crippen LogP) is 3.43. The molecule has 1 aromatic carbocycles. The van der Waals surface area contributed by atoms with E-state index in [1.165, 1.54) is 0 Å². The standard InChI is InChI=1S/C21H22N4O3/c1-27-18-9-3-2-7-15(18)13-16-14-24-20(28-16)17-8-4-5-12-25(17)21(26)19-22-10-6-11-23-19/h2-3,6-7,9-11,14,17H,4-5,8,12-13H2,1H3/t17-/m0/s1. The maximum Gasteiger partial charge on any atom is 0.292 e. The summed E-state index contributed by atoms with van der Waals surface area (Å²) in [5.74, 6) is 2.14. The van der Waals surface area contributed by atoms with E-state index in [2.05, 4.69) is 15.0 Å². The van der Waals surface area contributed by atoms with Crippen LogP contribution in [0.25, 0.3) is 0 Å². The average molecular weight is 378 g/mol. The van der Waals surface area contributed by atoms with Crippen LogP contribution in [-0.4, -0.2) is 39.4 Å². The molecule has 1 aliphatic heterocycles. The fourth-order valence-electron chi connectivity index (χ4n) is 3.56. The molecule has 28 heavy (non-hydrogen) atoms. The molecule has 1 atom stereocenters. The number of hydrogen-bond acceptors (Lipinski definition) is 6. The second-order valence-electron chi connectivity index (χ2n) is 6.74. The minimum absolute atomic E-state index is 0.185. The van der Waals surface area contributed by atoms with Crippen molar-refractivity contribution >= 4 is 5.91 Å². The van der Waals surface area contributed by atoms with Gasteiger partial charge in [-0.1, -0.05) is 18.2 Å². The van der Waals surface area contributed by atoms with E-state index in [9.17, 15) is 4.79 Å². The number of hydrogen-bond donors (Lipinski definition) is 0. The van der Waals surface area contributed by atoms with Crippen molar-refractivity contribution in [1.82, 2.24) is 19.9 Å². The zero-order valence-corrected chi connectivity index (χ0v) is 15.7. The van der Waals surface area contributed by atoms with Crippen molar-refractivity contribution in [2.75, 3.05) is 13.7 Å². The third-order valence-corrected chi connectivity index (χ3v) is 4.93. The molecule has 7 nitrogen and oxygen atoms in total. The monoisotopic (exact) mass is 378 g/mol. The Morgan fingerprint density at radius 1 is 1.18 bits per heavy atom. The van der Waals surface area contributed by atoms with Gasteiger partial charge in [0.15, 0.2) is 0 Å². The van der Waals surface area contributed by atoms with Gasteiger partial charge in [-0.05, 0) is 31.4 Å². The first-order chi connectivity index (χ1) is 13.8. The van der Waals surface area contributed by atoms with Crippen LogP contribution in [0.15, 0.2) is 53.3 Å². The van der Waals surface area contributed by atoms with Crippen molar-refractivity contribution in [1.29, 1.82) is 0 Å². The van der Waals surface area contributed by atoms with Gasteiger partial charge in [-0.15, -0.1) is 0 Å². The molecule has 0 bridgehead atoms. The number of ether oxygens (including phenoxy) is 1. The summed E-state index contributed by atoms with van der Waals surface area (Å²) in [7, 11) is 1.65. The molecule has 144 valence electrons. The number of aromatic nitrogens is 3. The van der Waals surface area contributed by atoms with Gasteiger partial charge in [-0.25, -0.2) is 15.0 Å². The van der Waals surface area contributed by atoms with Crippen molar-refractivity contribution in [2.45, 2.75) is 31.7 Å². The summed E-state index contributed by atoms with van der Waals surface area (Å²) < 4.78 is 11.5. The lowest BCUT2D eigenvalue weighted by Crippen LogP contribution is -2.39. The molecular weight excluding hydrogens is 356 g/mol. The van der Waals surface area contributed by atoms with Crippen LogP contribution in [-0.2, 0) is 6.42 Å². The molecule has 3 aromatic rings. The third-order valence-electron chi connectivity index (χ3n) is 4.93. The van der Waals surface area contributed by atoms with Crippen LogP contribution >= 0.6 is 0 Å². The summed E-state index contributed by atoms with van der Waals surface area (Å²) in [4.78, 5) is 27.3. The van der Waals surface area contributed by atoms with Crippen LogP contribution in [0.1, 0.15) is 53.1 Å². The number of amides is 1. The van der Waals surface area contributed by atoms with Crippen LogP contribution in [0.2, 0.25) is 0 Å². The first kappa shape index (κ1) is 18.2. The van der Waals surface area contributed by atoms with E-state index in [0.717, 1.165) is 36.3 Å². The molecule has 0 saturated carbocycles. The van der Waals surface area contributed by atoms with E-state index < -0.39 is 0 Å². The molecule has 7 heteroatoms. The van der Waals surface area contributed by atoms with Gasteiger partial charge in [0.2, 0.25) is 11.7 Å². The minimum atomic E-state index is -0.198. The fraction of sp³-hybridized carbons (Fsp3) is 0.333. The average Bonchev–Trinajstić information content (AvgIpc) is 3.22. The Balaban J connectivity index is 1.55. The van der Waals surface area contributed by atoms with Gasteiger partial charge in [0.05, 0.1) is 13.3 Å². The number of carbonyl (C=O) groups excluding carboxylic acids is 1. The zero-order valence-electron chi connectivity index (χ0n) is 15.7. The van der Waals surface area contributed by atoms with Crippen LogP contribution < -0.4 is 4.74 Å². The van der Waals surface area contributed by atoms with Gasteiger partial charge in [0.1, 0.15) is 17.6 Å². The van der Waals surface area contributed by atoms with E-state index in [-0.39, 0.29) is 17.8 Å². The van der Waals surface area contributed by atoms with E-state index in [1.54, 1.807) is 36.7 Å². The summed E-state index contributed by atoms with van der Waals surface area (Å²) in [6.45, 7) is 0.645. The van der Waals surface area contributed by atoms with Crippen LogP contribution in [0.3, 0.4) is 0 Å². The number of methoxy groups -OCH3 is 1. The fourth-order valence-corrected chi connectivity index (χ4v) is 3.56. The van der Waals surface area contributed by atoms with E-state index in [0.29, 0.717) is 18.9 Å². The summed E-state index contributed by atoms with van der Waals surface area (Å²) in [6, 6.07) is 9.33. The van der Waals surface area contributed by atoms with E-state index in [4.69, 9.17) is 9.15 Å². The van der Waals surface area contributed by atoms with Gasteiger partial charge in [0.25, 0.3) is 5.91 Å². The molecule has 0 radical (unpaired) electrons. The van der Waals surface area contributed by atoms with Gasteiger partial charge in [0, 0.05) is 30.9 Å². The largest absolute Gasteiger partial charge is 0.496 e. The quantitative estimate of drug-likeness (QED) is 0.677. The molecule has 3 heterocycles. The van der Waals surface area contributed by atoms with Gasteiger partial charge >= 0.3 is 0 Å². The number of nitrogens with zero attached hydrogens (tertiary/aromatic N) is 4. The van der Waals surface area contributed by atoms with Crippen molar-refractivity contribution in [3.8, 4) is 5.75 Å². The molecule has 0 unspecified atom stereocenters. The molecule has 0 aliphatic carbocycles. The number of oxazole rings is 1. The molecule has 0 N–H and O–H groups in total. The number of piperidine rings is 1. The topological polar surface area (TPSA) is 81.4 Å². The first-order valence-corrected chi connectivity index (χ1v) is 9.40. The van der Waals surface area contributed by atoms with Crippen molar-refractivity contribution in [3.63, 3.8) is 0 Å². The van der Waals surface area contributed by atoms with E-state index in [1.807, 2.05) is 24.3 Å². The summed E-state index contributed by atoms with van der Waals surface area (Å²) in [5, 5.41) is 0. The Morgan fingerprint density at radius 2 is 2.00 bits per heavy atom. The lowest BCUT2D eigenvalue weighted by atomic mass is 10.0. The Morgan fingerprint density at radius 3 is 2.82 bits per heavy atom. The van der Waals surface area contributed by atoms with Crippen molar-refractivity contribution in [3.05, 3.63) is 72.0 Å². The second kappa shape index (κ2) is 8.21. The third kappa shape index (κ3) is 3.74. The highest BCUT2D eigenvalue weighted by Crippen LogP contribution is 2.32. The highest BCUT2D eigenvalue weighted by Gasteiger charge is 2.33. The highest BCUT2D eigenvalue weighted by molar-refractivity contribution is 5.90. The lowest BCUT2D eigenvalue weighted by molar-refractivity contribution is 0.0557. The normalized spacial score (nSPS) is 16.8. The Kier molecular flexibility index (Phi) is 5.32. The van der Waals surface area contributed by atoms with Crippen molar-refractivity contribution in [2.24, 2.45) is 0 Å². The first-order valence-electron chi connectivity index (χ1n) is 9.40.